The third-order valence-electron chi connectivity index (χ3n) is 5.13. The number of aryl methyl sites for hydroxylation is 1. The van der Waals surface area contributed by atoms with Gasteiger partial charge in [0.1, 0.15) is 0 Å². The Balaban J connectivity index is 1.74. The molecule has 1 heterocycles. The molecule has 1 unspecified atom stereocenters. The highest BCUT2D eigenvalue weighted by Gasteiger charge is 2.24. The number of nitro groups is 1. The monoisotopic (exact) mass is 399 g/mol. The van der Waals surface area contributed by atoms with E-state index in [1.165, 1.54) is 17.8 Å². The highest BCUT2D eigenvalue weighted by Crippen LogP contribution is 2.36. The molecule has 2 aromatic carbocycles. The van der Waals surface area contributed by atoms with Crippen LogP contribution < -0.4 is 5.32 Å². The molecule has 0 aliphatic carbocycles. The van der Waals surface area contributed by atoms with Gasteiger partial charge in [0.05, 0.1) is 9.82 Å². The van der Waals surface area contributed by atoms with Crippen molar-refractivity contribution in [2.45, 2.75) is 42.5 Å². The Morgan fingerprint density at radius 2 is 2.07 bits per heavy atom. The molecule has 1 N–H and O–H groups in total. The van der Waals surface area contributed by atoms with Crippen LogP contribution in [-0.2, 0) is 0 Å². The molecule has 0 aromatic heterocycles. The first-order valence-electron chi connectivity index (χ1n) is 9.53. The molecule has 1 fully saturated rings. The van der Waals surface area contributed by atoms with Gasteiger partial charge in [-0.2, -0.15) is 0 Å². The Labute approximate surface area is 169 Å². The lowest BCUT2D eigenvalue weighted by Gasteiger charge is -2.22. The van der Waals surface area contributed by atoms with Gasteiger partial charge in [0.2, 0.25) is 0 Å². The summed E-state index contributed by atoms with van der Waals surface area (Å²) in [5.41, 5.74) is 1.33. The van der Waals surface area contributed by atoms with E-state index in [-0.39, 0.29) is 11.6 Å². The van der Waals surface area contributed by atoms with E-state index in [2.05, 4.69) is 17.1 Å². The standard InChI is InChI=1S/C21H25N3O3S/c1-3-23-12-6-8-17(23)14-22-21(25)16-10-11-20(18(13-16)24(26)27)28-19-9-5-4-7-15(19)2/h4-5,7,9-11,13,17H,3,6,8,12,14H2,1-2H3,(H,22,25). The molecule has 2 aromatic rings. The maximum atomic E-state index is 12.5. The predicted octanol–water partition coefficient (Wildman–Crippen LogP) is 4.27. The average Bonchev–Trinajstić information content (AvgIpc) is 3.15. The molecule has 28 heavy (non-hydrogen) atoms. The van der Waals surface area contributed by atoms with Gasteiger partial charge in [0, 0.05) is 29.1 Å². The topological polar surface area (TPSA) is 75.5 Å². The number of carbonyl (C=O) groups is 1. The molecule has 7 heteroatoms. The molecule has 1 aliphatic rings. The first kappa shape index (κ1) is 20.4. The third kappa shape index (κ3) is 4.72. The van der Waals surface area contributed by atoms with Gasteiger partial charge in [-0.25, -0.2) is 0 Å². The molecule has 0 bridgehead atoms. The summed E-state index contributed by atoms with van der Waals surface area (Å²) in [5.74, 6) is -0.265. The molecule has 1 saturated heterocycles. The van der Waals surface area contributed by atoms with Crippen LogP contribution in [0.1, 0.15) is 35.7 Å². The number of carbonyl (C=O) groups excluding carboxylic acids is 1. The molecule has 0 saturated carbocycles. The van der Waals surface area contributed by atoms with Crippen LogP contribution in [0.4, 0.5) is 5.69 Å². The predicted molar refractivity (Wildman–Crippen MR) is 111 cm³/mol. The minimum atomic E-state index is -0.423. The number of nitrogens with one attached hydrogen (secondary N) is 1. The van der Waals surface area contributed by atoms with Crippen LogP contribution in [-0.4, -0.2) is 41.4 Å². The third-order valence-corrected chi connectivity index (χ3v) is 6.38. The zero-order chi connectivity index (χ0) is 20.1. The minimum absolute atomic E-state index is 0.0445. The fourth-order valence-corrected chi connectivity index (χ4v) is 4.52. The normalized spacial score (nSPS) is 16.9. The van der Waals surface area contributed by atoms with Crippen molar-refractivity contribution in [1.82, 2.24) is 10.2 Å². The van der Waals surface area contributed by atoms with E-state index in [0.717, 1.165) is 36.4 Å². The van der Waals surface area contributed by atoms with Gasteiger partial charge >= 0.3 is 0 Å². The van der Waals surface area contributed by atoms with E-state index in [9.17, 15) is 14.9 Å². The van der Waals surface area contributed by atoms with Crippen molar-refractivity contribution >= 4 is 23.4 Å². The van der Waals surface area contributed by atoms with Crippen molar-refractivity contribution in [3.63, 3.8) is 0 Å². The van der Waals surface area contributed by atoms with E-state index in [1.807, 2.05) is 31.2 Å². The summed E-state index contributed by atoms with van der Waals surface area (Å²) in [6.45, 7) is 6.69. The number of likely N-dealkylation sites (N-methyl/N-ethyl adjacent to an activating group) is 1. The Kier molecular flexibility index (Phi) is 6.70. The summed E-state index contributed by atoms with van der Waals surface area (Å²) in [5, 5.41) is 14.5. The van der Waals surface area contributed by atoms with Crippen LogP contribution in [0.15, 0.2) is 52.3 Å². The summed E-state index contributed by atoms with van der Waals surface area (Å²) in [6, 6.07) is 12.8. The summed E-state index contributed by atoms with van der Waals surface area (Å²) >= 11 is 1.35. The number of amides is 1. The first-order valence-corrected chi connectivity index (χ1v) is 10.4. The summed E-state index contributed by atoms with van der Waals surface area (Å²) < 4.78 is 0. The quantitative estimate of drug-likeness (QED) is 0.556. The van der Waals surface area contributed by atoms with Crippen molar-refractivity contribution in [2.24, 2.45) is 0 Å². The van der Waals surface area contributed by atoms with Gasteiger partial charge in [-0.05, 0) is 56.6 Å². The van der Waals surface area contributed by atoms with Crippen molar-refractivity contribution in [3.8, 4) is 0 Å². The lowest BCUT2D eigenvalue weighted by atomic mass is 10.1. The first-order chi connectivity index (χ1) is 13.5. The zero-order valence-corrected chi connectivity index (χ0v) is 17.0. The molecule has 1 aliphatic heterocycles. The number of hydrogen-bond donors (Lipinski definition) is 1. The lowest BCUT2D eigenvalue weighted by Crippen LogP contribution is -2.40. The smallest absolute Gasteiger partial charge is 0.284 e. The van der Waals surface area contributed by atoms with Crippen molar-refractivity contribution in [3.05, 3.63) is 63.7 Å². The highest BCUT2D eigenvalue weighted by molar-refractivity contribution is 7.99. The number of likely N-dealkylation sites (tertiary alicyclic amines) is 1. The van der Waals surface area contributed by atoms with Crippen LogP contribution in [0.5, 0.6) is 0 Å². The van der Waals surface area contributed by atoms with Gasteiger partial charge in [0.25, 0.3) is 11.6 Å². The Morgan fingerprint density at radius 1 is 1.29 bits per heavy atom. The number of nitro benzene ring substituents is 1. The van der Waals surface area contributed by atoms with E-state index in [0.29, 0.717) is 23.0 Å². The van der Waals surface area contributed by atoms with Crippen LogP contribution >= 0.6 is 11.8 Å². The molecule has 148 valence electrons. The van der Waals surface area contributed by atoms with E-state index >= 15 is 0 Å². The maximum absolute atomic E-state index is 12.5. The second kappa shape index (κ2) is 9.21. The SMILES string of the molecule is CCN1CCCC1CNC(=O)c1ccc(Sc2ccccc2C)c([N+](=O)[O-])c1. The van der Waals surface area contributed by atoms with Gasteiger partial charge in [-0.3, -0.25) is 19.8 Å². The van der Waals surface area contributed by atoms with Gasteiger partial charge in [0.15, 0.2) is 0 Å². The number of hydrogen-bond acceptors (Lipinski definition) is 5. The minimum Gasteiger partial charge on any atom is -0.350 e. The molecule has 0 radical (unpaired) electrons. The molecule has 3 rings (SSSR count). The lowest BCUT2D eigenvalue weighted by molar-refractivity contribution is -0.387. The van der Waals surface area contributed by atoms with E-state index < -0.39 is 4.92 Å². The summed E-state index contributed by atoms with van der Waals surface area (Å²) in [7, 11) is 0. The second-order valence-corrected chi connectivity index (χ2v) is 8.03. The number of rotatable bonds is 7. The van der Waals surface area contributed by atoms with Crippen molar-refractivity contribution < 1.29 is 9.72 Å². The van der Waals surface area contributed by atoms with Crippen LogP contribution in [0, 0.1) is 17.0 Å². The summed E-state index contributed by atoms with van der Waals surface area (Å²) in [6.07, 6.45) is 2.21. The largest absolute Gasteiger partial charge is 0.350 e. The Bertz CT molecular complexity index is 872. The van der Waals surface area contributed by atoms with Crippen molar-refractivity contribution in [1.29, 1.82) is 0 Å². The molecule has 1 amide bonds. The van der Waals surface area contributed by atoms with E-state index in [4.69, 9.17) is 0 Å². The van der Waals surface area contributed by atoms with Crippen molar-refractivity contribution in [2.75, 3.05) is 19.6 Å². The average molecular weight is 400 g/mol. The Morgan fingerprint density at radius 3 is 2.79 bits per heavy atom. The van der Waals surface area contributed by atoms with Crippen LogP contribution in [0.25, 0.3) is 0 Å². The number of benzene rings is 2. The number of nitrogens with zero attached hydrogens (tertiary/aromatic N) is 2. The van der Waals surface area contributed by atoms with Crippen LogP contribution in [0.2, 0.25) is 0 Å². The molecule has 1 atom stereocenters. The van der Waals surface area contributed by atoms with E-state index in [1.54, 1.807) is 12.1 Å². The second-order valence-electron chi connectivity index (χ2n) is 6.94. The fourth-order valence-electron chi connectivity index (χ4n) is 3.53. The van der Waals surface area contributed by atoms with Gasteiger partial charge in [-0.15, -0.1) is 0 Å². The van der Waals surface area contributed by atoms with Gasteiger partial charge < -0.3 is 5.32 Å². The molecule has 6 nitrogen and oxygen atoms in total. The maximum Gasteiger partial charge on any atom is 0.284 e. The van der Waals surface area contributed by atoms with Gasteiger partial charge in [-0.1, -0.05) is 36.9 Å². The molecule has 0 spiro atoms. The fraction of sp³-hybridized carbons (Fsp3) is 0.381. The summed E-state index contributed by atoms with van der Waals surface area (Å²) in [4.78, 5) is 27.5. The molecular formula is C21H25N3O3S. The molecular weight excluding hydrogens is 374 g/mol. The van der Waals surface area contributed by atoms with Crippen LogP contribution in [0.3, 0.4) is 0 Å². The highest BCUT2D eigenvalue weighted by atomic mass is 32.2. The Hall–Kier alpha value is -2.38. The zero-order valence-electron chi connectivity index (χ0n) is 16.2.